The van der Waals surface area contributed by atoms with Crippen molar-refractivity contribution in [1.82, 2.24) is 0 Å². The lowest BCUT2D eigenvalue weighted by Crippen LogP contribution is -2.67. The smallest absolute Gasteiger partial charge is 0.261 e. The van der Waals surface area contributed by atoms with Crippen LogP contribution >= 0.6 is 0 Å². The van der Waals surface area contributed by atoms with Gasteiger partial charge in [-0.2, -0.15) is 0 Å². The molecule has 1 aliphatic carbocycles. The third kappa shape index (κ3) is 4.60. The second-order valence-electron chi connectivity index (χ2n) is 9.58. The van der Waals surface area contributed by atoms with E-state index >= 15 is 0 Å². The highest BCUT2D eigenvalue weighted by atomic mass is 28.4. The fraction of sp³-hybridized carbons (Fsp3) is 0.538. The Morgan fingerprint density at radius 3 is 1.96 bits per heavy atom. The maximum absolute atomic E-state index is 7.36. The largest absolute Gasteiger partial charge is 0.404 e. The van der Waals surface area contributed by atoms with Crippen LogP contribution in [-0.2, 0) is 4.43 Å². The van der Waals surface area contributed by atoms with Crippen molar-refractivity contribution in [3.63, 3.8) is 0 Å². The molecule has 2 atom stereocenters. The summed E-state index contributed by atoms with van der Waals surface area (Å²) in [6.07, 6.45) is 9.59. The standard InChI is InChI=1S/C26H38OSi/c1-5-6-14-22-15-13-16-23(21-22)27-28(26(2,3)4,24-17-9-7-10-18-24)25-19-11-8-12-20-25/h7-12,17-20,22-23H,5-6,13-16,21H2,1-4H3. The normalized spacial score (nSPS) is 20.9. The van der Waals surface area contributed by atoms with Gasteiger partial charge in [0.1, 0.15) is 0 Å². The van der Waals surface area contributed by atoms with E-state index in [4.69, 9.17) is 4.43 Å². The van der Waals surface area contributed by atoms with Crippen LogP contribution in [0.3, 0.4) is 0 Å². The summed E-state index contributed by atoms with van der Waals surface area (Å²) in [7, 11) is -2.40. The molecule has 2 unspecified atom stereocenters. The highest BCUT2D eigenvalue weighted by molar-refractivity contribution is 6.99. The van der Waals surface area contributed by atoms with E-state index in [2.05, 4.69) is 88.4 Å². The highest BCUT2D eigenvalue weighted by Gasteiger charge is 2.51. The summed E-state index contributed by atoms with van der Waals surface area (Å²) in [6.45, 7) is 9.46. The summed E-state index contributed by atoms with van der Waals surface area (Å²) in [5.74, 6) is 0.844. The number of benzene rings is 2. The Balaban J connectivity index is 1.99. The molecule has 2 aromatic carbocycles. The molecule has 0 heterocycles. The molecule has 2 heteroatoms. The molecule has 1 nitrogen and oxygen atoms in total. The molecular formula is C26H38OSi. The minimum atomic E-state index is -2.40. The van der Waals surface area contributed by atoms with Crippen LogP contribution < -0.4 is 10.4 Å². The maximum Gasteiger partial charge on any atom is 0.261 e. The van der Waals surface area contributed by atoms with Gasteiger partial charge >= 0.3 is 0 Å². The molecule has 152 valence electrons. The average Bonchev–Trinajstić information content (AvgIpc) is 2.71. The zero-order chi connectivity index (χ0) is 20.0. The molecule has 28 heavy (non-hydrogen) atoms. The van der Waals surface area contributed by atoms with Crippen LogP contribution in [0.15, 0.2) is 60.7 Å². The van der Waals surface area contributed by atoms with Gasteiger partial charge in [-0.25, -0.2) is 0 Å². The summed E-state index contributed by atoms with van der Waals surface area (Å²) < 4.78 is 7.36. The van der Waals surface area contributed by atoms with Gasteiger partial charge in [0.15, 0.2) is 0 Å². The zero-order valence-electron chi connectivity index (χ0n) is 18.3. The van der Waals surface area contributed by atoms with Gasteiger partial charge in [0.2, 0.25) is 0 Å². The van der Waals surface area contributed by atoms with E-state index in [1.165, 1.54) is 55.3 Å². The Labute approximate surface area is 173 Å². The number of unbranched alkanes of at least 4 members (excludes halogenated alkanes) is 1. The summed E-state index contributed by atoms with van der Waals surface area (Å²) in [5.41, 5.74) is 0. The van der Waals surface area contributed by atoms with Crippen molar-refractivity contribution in [2.75, 3.05) is 0 Å². The Hall–Kier alpha value is -1.38. The van der Waals surface area contributed by atoms with Gasteiger partial charge < -0.3 is 4.43 Å². The van der Waals surface area contributed by atoms with Crippen LogP contribution in [0, 0.1) is 5.92 Å². The minimum Gasteiger partial charge on any atom is -0.404 e. The fourth-order valence-corrected chi connectivity index (χ4v) is 9.77. The molecule has 1 fully saturated rings. The molecular weight excluding hydrogens is 356 g/mol. The molecule has 0 N–H and O–H groups in total. The van der Waals surface area contributed by atoms with E-state index in [0.717, 1.165) is 5.92 Å². The van der Waals surface area contributed by atoms with Gasteiger partial charge in [0.25, 0.3) is 8.32 Å². The second kappa shape index (κ2) is 9.41. The zero-order valence-corrected chi connectivity index (χ0v) is 19.3. The van der Waals surface area contributed by atoms with Crippen LogP contribution in [-0.4, -0.2) is 14.4 Å². The molecule has 0 aromatic heterocycles. The average molecular weight is 395 g/mol. The fourth-order valence-electron chi connectivity index (χ4n) is 5.04. The first-order chi connectivity index (χ1) is 13.5. The SMILES string of the molecule is CCCCC1CCCC(O[Si](c2ccccc2)(c2ccccc2)C(C)(C)C)C1. The van der Waals surface area contributed by atoms with Gasteiger partial charge in [-0.15, -0.1) is 0 Å². The number of hydrogen-bond acceptors (Lipinski definition) is 1. The van der Waals surface area contributed by atoms with Crippen LogP contribution in [0.25, 0.3) is 0 Å². The Morgan fingerprint density at radius 1 is 0.893 bits per heavy atom. The third-order valence-electron chi connectivity index (χ3n) is 6.46. The first kappa shape index (κ1) is 21.3. The van der Waals surface area contributed by atoms with Crippen molar-refractivity contribution in [2.45, 2.75) is 83.8 Å². The molecule has 0 radical (unpaired) electrons. The molecule has 1 saturated carbocycles. The lowest BCUT2D eigenvalue weighted by Gasteiger charge is -2.46. The lowest BCUT2D eigenvalue weighted by molar-refractivity contribution is 0.110. The summed E-state index contributed by atoms with van der Waals surface area (Å²) in [5, 5.41) is 2.89. The quantitative estimate of drug-likeness (QED) is 0.500. The van der Waals surface area contributed by atoms with Crippen LogP contribution in [0.2, 0.25) is 5.04 Å². The summed E-state index contributed by atoms with van der Waals surface area (Å²) in [4.78, 5) is 0. The Bertz CT molecular complexity index is 665. The van der Waals surface area contributed by atoms with E-state index in [0.29, 0.717) is 6.10 Å². The van der Waals surface area contributed by atoms with Crippen molar-refractivity contribution in [1.29, 1.82) is 0 Å². The van der Waals surface area contributed by atoms with Crippen molar-refractivity contribution < 1.29 is 4.43 Å². The molecule has 1 aliphatic rings. The van der Waals surface area contributed by atoms with Gasteiger partial charge in [0.05, 0.1) is 0 Å². The maximum atomic E-state index is 7.36. The van der Waals surface area contributed by atoms with Crippen LogP contribution in [0.1, 0.15) is 72.6 Å². The van der Waals surface area contributed by atoms with E-state index < -0.39 is 8.32 Å². The molecule has 3 rings (SSSR count). The van der Waals surface area contributed by atoms with Crippen molar-refractivity contribution in [3.8, 4) is 0 Å². The molecule has 0 spiro atoms. The van der Waals surface area contributed by atoms with E-state index in [1.54, 1.807) is 0 Å². The van der Waals surface area contributed by atoms with E-state index in [-0.39, 0.29) is 5.04 Å². The molecule has 2 aromatic rings. The lowest BCUT2D eigenvalue weighted by atomic mass is 9.84. The minimum absolute atomic E-state index is 0.0755. The second-order valence-corrected chi connectivity index (χ2v) is 13.8. The first-order valence-corrected chi connectivity index (χ1v) is 13.2. The molecule has 0 aliphatic heterocycles. The van der Waals surface area contributed by atoms with E-state index in [9.17, 15) is 0 Å². The predicted molar refractivity (Wildman–Crippen MR) is 124 cm³/mol. The van der Waals surface area contributed by atoms with Gasteiger partial charge in [-0.3, -0.25) is 0 Å². The number of rotatable bonds is 7. The first-order valence-electron chi connectivity index (χ1n) is 11.3. The summed E-state index contributed by atoms with van der Waals surface area (Å²) in [6, 6.07) is 22.2. The van der Waals surface area contributed by atoms with E-state index in [1.807, 2.05) is 0 Å². The Kier molecular flexibility index (Phi) is 7.17. The summed E-state index contributed by atoms with van der Waals surface area (Å²) >= 11 is 0. The highest BCUT2D eigenvalue weighted by Crippen LogP contribution is 2.40. The van der Waals surface area contributed by atoms with Crippen LogP contribution in [0.4, 0.5) is 0 Å². The Morgan fingerprint density at radius 2 is 1.46 bits per heavy atom. The molecule has 0 amide bonds. The van der Waals surface area contributed by atoms with Gasteiger partial charge in [-0.05, 0) is 34.2 Å². The third-order valence-corrected chi connectivity index (χ3v) is 11.6. The van der Waals surface area contributed by atoms with Crippen LogP contribution in [0.5, 0.6) is 0 Å². The van der Waals surface area contributed by atoms with Crippen molar-refractivity contribution in [3.05, 3.63) is 60.7 Å². The predicted octanol–water partition coefficient (Wildman–Crippen LogP) is 6.31. The van der Waals surface area contributed by atoms with Gasteiger partial charge in [-0.1, -0.05) is 120 Å². The van der Waals surface area contributed by atoms with Gasteiger partial charge in [0, 0.05) is 6.10 Å². The molecule has 0 saturated heterocycles. The molecule has 0 bridgehead atoms. The number of hydrogen-bond donors (Lipinski definition) is 0. The van der Waals surface area contributed by atoms with Crippen molar-refractivity contribution in [2.24, 2.45) is 5.92 Å². The topological polar surface area (TPSA) is 9.23 Å². The van der Waals surface area contributed by atoms with Crippen molar-refractivity contribution >= 4 is 18.7 Å². The monoisotopic (exact) mass is 394 g/mol.